The molecule has 1 fully saturated rings. The molecule has 1 aromatic carbocycles. The van der Waals surface area contributed by atoms with Gasteiger partial charge in [-0.25, -0.2) is 4.21 Å². The van der Waals surface area contributed by atoms with E-state index in [2.05, 4.69) is 11.8 Å². The summed E-state index contributed by atoms with van der Waals surface area (Å²) in [4.78, 5) is 2.38. The van der Waals surface area contributed by atoms with Gasteiger partial charge in [-0.05, 0) is 43.4 Å². The summed E-state index contributed by atoms with van der Waals surface area (Å²) in [5.41, 5.74) is 2.07. The lowest BCUT2D eigenvalue weighted by Gasteiger charge is -2.32. The number of hydrogen-bond donors (Lipinski definition) is 0. The topological polar surface area (TPSA) is 52.6 Å². The Hall–Kier alpha value is -0.910. The van der Waals surface area contributed by atoms with Gasteiger partial charge in [-0.2, -0.15) is 0 Å². The number of nitrogens with zero attached hydrogens (tertiary/aromatic N) is 1. The van der Waals surface area contributed by atoms with E-state index in [0.717, 1.165) is 24.6 Å². The van der Waals surface area contributed by atoms with Crippen molar-refractivity contribution in [1.29, 1.82) is 0 Å². The SMILES string of the molecule is CC1CCN(c2ccc(C(C)OS(=O)[O-])cc2)CC1. The van der Waals surface area contributed by atoms with Gasteiger partial charge in [-0.3, -0.25) is 4.18 Å². The largest absolute Gasteiger partial charge is 0.750 e. The fraction of sp³-hybridized carbons (Fsp3) is 0.571. The summed E-state index contributed by atoms with van der Waals surface area (Å²) in [6.07, 6.45) is 2.03. The molecule has 2 atom stereocenters. The standard InChI is InChI=1S/C14H21NO3S/c1-11-7-9-15(10-8-11)14-5-3-13(4-6-14)12(2)18-19(16)17/h3-6,11-12H,7-10H2,1-2H3,(H,16,17)/p-1. The maximum Gasteiger partial charge on any atom is 0.0959 e. The maximum atomic E-state index is 10.5. The van der Waals surface area contributed by atoms with Crippen LogP contribution in [-0.2, 0) is 15.5 Å². The first-order valence-electron chi connectivity index (χ1n) is 6.67. The second-order valence-corrected chi connectivity index (χ2v) is 5.80. The Morgan fingerprint density at radius 1 is 1.32 bits per heavy atom. The summed E-state index contributed by atoms with van der Waals surface area (Å²) in [6, 6.07) is 7.95. The lowest BCUT2D eigenvalue weighted by Crippen LogP contribution is -2.32. The van der Waals surface area contributed by atoms with E-state index in [-0.39, 0.29) is 0 Å². The number of hydrogen-bond acceptors (Lipinski definition) is 4. The van der Waals surface area contributed by atoms with Crippen molar-refractivity contribution >= 4 is 17.0 Å². The number of anilines is 1. The summed E-state index contributed by atoms with van der Waals surface area (Å²) in [6.45, 7) is 6.21. The summed E-state index contributed by atoms with van der Waals surface area (Å²) in [5, 5.41) is 0. The van der Waals surface area contributed by atoms with E-state index in [1.54, 1.807) is 6.92 Å². The average molecular weight is 282 g/mol. The smallest absolute Gasteiger partial charge is 0.0959 e. The van der Waals surface area contributed by atoms with Gasteiger partial charge >= 0.3 is 0 Å². The number of rotatable bonds is 4. The van der Waals surface area contributed by atoms with Gasteiger partial charge in [-0.1, -0.05) is 19.1 Å². The van der Waals surface area contributed by atoms with Gasteiger partial charge in [0.15, 0.2) is 0 Å². The molecule has 1 aliphatic rings. The van der Waals surface area contributed by atoms with E-state index in [4.69, 9.17) is 4.18 Å². The Labute approximate surface area is 117 Å². The highest BCUT2D eigenvalue weighted by Crippen LogP contribution is 2.25. The second kappa shape index (κ2) is 6.50. The fourth-order valence-corrected chi connectivity index (χ4v) is 2.74. The molecule has 0 amide bonds. The number of piperidine rings is 1. The van der Waals surface area contributed by atoms with Crippen molar-refractivity contribution in [3.8, 4) is 0 Å². The van der Waals surface area contributed by atoms with E-state index >= 15 is 0 Å². The molecule has 0 bridgehead atoms. The van der Waals surface area contributed by atoms with Crippen LogP contribution in [0, 0.1) is 5.92 Å². The molecule has 0 N–H and O–H groups in total. The summed E-state index contributed by atoms with van der Waals surface area (Å²) < 4.78 is 25.7. The van der Waals surface area contributed by atoms with Crippen LogP contribution < -0.4 is 4.90 Å². The van der Waals surface area contributed by atoms with Crippen LogP contribution in [0.3, 0.4) is 0 Å². The van der Waals surface area contributed by atoms with Crippen LogP contribution >= 0.6 is 0 Å². The van der Waals surface area contributed by atoms with Crippen molar-refractivity contribution < 1.29 is 12.9 Å². The van der Waals surface area contributed by atoms with Crippen LogP contribution in [0.15, 0.2) is 24.3 Å². The Morgan fingerprint density at radius 3 is 2.42 bits per heavy atom. The van der Waals surface area contributed by atoms with Crippen molar-refractivity contribution in [3.05, 3.63) is 29.8 Å². The van der Waals surface area contributed by atoms with Crippen LogP contribution in [0.4, 0.5) is 5.69 Å². The van der Waals surface area contributed by atoms with Crippen LogP contribution in [0.25, 0.3) is 0 Å². The Bertz CT molecular complexity index is 427. The third kappa shape index (κ3) is 4.03. The molecule has 5 heteroatoms. The van der Waals surface area contributed by atoms with Crippen LogP contribution in [0.5, 0.6) is 0 Å². The van der Waals surface area contributed by atoms with Gasteiger partial charge in [-0.15, -0.1) is 0 Å². The zero-order chi connectivity index (χ0) is 13.8. The predicted molar refractivity (Wildman–Crippen MR) is 75.5 cm³/mol. The van der Waals surface area contributed by atoms with E-state index < -0.39 is 17.5 Å². The molecule has 0 radical (unpaired) electrons. The highest BCUT2D eigenvalue weighted by Gasteiger charge is 2.16. The lowest BCUT2D eigenvalue weighted by atomic mass is 9.98. The molecule has 1 saturated heterocycles. The molecule has 19 heavy (non-hydrogen) atoms. The normalized spacial score (nSPS) is 20.3. The molecule has 106 valence electrons. The molecule has 1 aromatic rings. The molecule has 2 unspecified atom stereocenters. The zero-order valence-corrected chi connectivity index (χ0v) is 12.2. The fourth-order valence-electron chi connectivity index (χ4n) is 2.40. The first kappa shape index (κ1) is 14.5. The van der Waals surface area contributed by atoms with Crippen molar-refractivity contribution in [2.75, 3.05) is 18.0 Å². The van der Waals surface area contributed by atoms with Crippen LogP contribution in [-0.4, -0.2) is 21.9 Å². The van der Waals surface area contributed by atoms with Gasteiger partial charge < -0.3 is 9.45 Å². The van der Waals surface area contributed by atoms with E-state index in [1.165, 1.54) is 18.5 Å². The highest BCUT2D eigenvalue weighted by molar-refractivity contribution is 7.74. The van der Waals surface area contributed by atoms with Gasteiger partial charge in [0.2, 0.25) is 0 Å². The summed E-state index contributed by atoms with van der Waals surface area (Å²) in [5.74, 6) is 0.816. The highest BCUT2D eigenvalue weighted by atomic mass is 32.2. The lowest BCUT2D eigenvalue weighted by molar-refractivity contribution is 0.223. The van der Waals surface area contributed by atoms with Crippen molar-refractivity contribution in [3.63, 3.8) is 0 Å². The molecule has 0 spiro atoms. The van der Waals surface area contributed by atoms with E-state index in [9.17, 15) is 8.76 Å². The monoisotopic (exact) mass is 282 g/mol. The van der Waals surface area contributed by atoms with Crippen molar-refractivity contribution in [1.82, 2.24) is 0 Å². The molecule has 1 heterocycles. The van der Waals surface area contributed by atoms with Crippen LogP contribution in [0.1, 0.15) is 38.4 Å². The minimum Gasteiger partial charge on any atom is -0.750 e. The summed E-state index contributed by atoms with van der Waals surface area (Å²) >= 11 is -2.47. The third-order valence-electron chi connectivity index (χ3n) is 3.73. The first-order valence-corrected chi connectivity index (χ1v) is 7.67. The van der Waals surface area contributed by atoms with Gasteiger partial charge in [0.1, 0.15) is 0 Å². The van der Waals surface area contributed by atoms with E-state index in [1.807, 2.05) is 24.3 Å². The second-order valence-electron chi connectivity index (χ2n) is 5.20. The minimum absolute atomic E-state index is 0.436. The molecule has 0 aliphatic carbocycles. The zero-order valence-electron chi connectivity index (χ0n) is 11.4. The third-order valence-corrected chi connectivity index (χ3v) is 4.18. The molecule has 1 aliphatic heterocycles. The molecular weight excluding hydrogens is 262 g/mol. The summed E-state index contributed by atoms with van der Waals surface area (Å²) in [7, 11) is 0. The van der Waals surface area contributed by atoms with Gasteiger partial charge in [0.25, 0.3) is 0 Å². The molecule has 4 nitrogen and oxygen atoms in total. The van der Waals surface area contributed by atoms with Crippen LogP contribution in [0.2, 0.25) is 0 Å². The Morgan fingerprint density at radius 2 is 1.89 bits per heavy atom. The Kier molecular flexibility index (Phi) is 4.96. The Balaban J connectivity index is 2.00. The average Bonchev–Trinajstić information content (AvgIpc) is 2.39. The molecular formula is C14H20NO3S-. The van der Waals surface area contributed by atoms with E-state index in [0.29, 0.717) is 0 Å². The van der Waals surface area contributed by atoms with Gasteiger partial charge in [0.05, 0.1) is 17.5 Å². The molecule has 0 saturated carbocycles. The maximum absolute atomic E-state index is 10.5. The molecule has 0 aromatic heterocycles. The minimum atomic E-state index is -2.47. The number of benzene rings is 1. The first-order chi connectivity index (χ1) is 9.06. The molecule has 2 rings (SSSR count). The quantitative estimate of drug-likeness (QED) is 0.797. The van der Waals surface area contributed by atoms with Gasteiger partial charge in [0, 0.05) is 18.8 Å². The van der Waals surface area contributed by atoms with Crippen molar-refractivity contribution in [2.45, 2.75) is 32.8 Å². The van der Waals surface area contributed by atoms with Crippen molar-refractivity contribution in [2.24, 2.45) is 5.92 Å². The predicted octanol–water partition coefficient (Wildman–Crippen LogP) is 2.79.